The van der Waals surface area contributed by atoms with Crippen molar-refractivity contribution in [2.75, 3.05) is 6.61 Å². The number of fused-ring (bicyclic) bond motifs is 1. The van der Waals surface area contributed by atoms with Crippen LogP contribution < -0.4 is 5.73 Å². The minimum Gasteiger partial charge on any atom is -0.348 e. The summed E-state index contributed by atoms with van der Waals surface area (Å²) in [4.78, 5) is 0. The van der Waals surface area contributed by atoms with E-state index >= 15 is 0 Å². The smallest absolute Gasteiger partial charge is 0.189 e. The minimum atomic E-state index is -0.635. The molecular weight excluding hydrogens is 238 g/mol. The van der Waals surface area contributed by atoms with Crippen LogP contribution in [-0.4, -0.2) is 48.8 Å². The monoisotopic (exact) mass is 259 g/mol. The molecule has 0 bridgehead atoms. The van der Waals surface area contributed by atoms with Crippen LogP contribution in [0.25, 0.3) is 0 Å². The molecule has 0 aromatic carbocycles. The van der Waals surface area contributed by atoms with Gasteiger partial charge in [-0.05, 0) is 27.7 Å². The van der Waals surface area contributed by atoms with Gasteiger partial charge in [0.15, 0.2) is 17.9 Å². The third kappa shape index (κ3) is 2.07. The van der Waals surface area contributed by atoms with Gasteiger partial charge in [-0.3, -0.25) is 0 Å². The standard InChI is InChI=1S/C12H21NO5/c1-11(2)14-5-6(16-11)8-7(13)9-10(15-8)18-12(3,4)17-9/h6-10H,5,13H2,1-4H3/t6-,7-,8-,9+,10-/m0/s1. The Morgan fingerprint density at radius 3 is 2.22 bits per heavy atom. The van der Waals surface area contributed by atoms with Gasteiger partial charge in [0.2, 0.25) is 0 Å². The van der Waals surface area contributed by atoms with Gasteiger partial charge in [-0.1, -0.05) is 0 Å². The van der Waals surface area contributed by atoms with Crippen molar-refractivity contribution >= 4 is 0 Å². The SMILES string of the molecule is CC1(C)O[C@@H]2O[C@@H]([C@@H]3COC(C)(C)O3)[C@H](N)[C@H]2O1. The Balaban J connectivity index is 1.68. The van der Waals surface area contributed by atoms with Crippen LogP contribution in [0, 0.1) is 0 Å². The third-order valence-corrected chi connectivity index (χ3v) is 3.53. The van der Waals surface area contributed by atoms with Crippen molar-refractivity contribution in [1.82, 2.24) is 0 Å². The van der Waals surface area contributed by atoms with Crippen molar-refractivity contribution < 1.29 is 23.7 Å². The summed E-state index contributed by atoms with van der Waals surface area (Å²) in [6.07, 6.45) is -1.07. The lowest BCUT2D eigenvalue weighted by atomic mass is 10.0. The van der Waals surface area contributed by atoms with Gasteiger partial charge < -0.3 is 29.4 Å². The number of nitrogens with two attached hydrogens (primary N) is 1. The van der Waals surface area contributed by atoms with Crippen LogP contribution in [0.2, 0.25) is 0 Å². The normalized spacial score (nSPS) is 49.5. The van der Waals surface area contributed by atoms with E-state index in [0.717, 1.165) is 0 Å². The van der Waals surface area contributed by atoms with Gasteiger partial charge in [0.1, 0.15) is 18.3 Å². The molecule has 3 fully saturated rings. The predicted octanol–water partition coefficient (Wildman–Crippen LogP) is 0.342. The molecule has 0 aromatic heterocycles. The summed E-state index contributed by atoms with van der Waals surface area (Å²) in [5, 5.41) is 0. The molecule has 104 valence electrons. The van der Waals surface area contributed by atoms with E-state index in [4.69, 9.17) is 29.4 Å². The number of hydrogen-bond donors (Lipinski definition) is 1. The third-order valence-electron chi connectivity index (χ3n) is 3.53. The van der Waals surface area contributed by atoms with Gasteiger partial charge in [-0.25, -0.2) is 0 Å². The fraction of sp³-hybridized carbons (Fsp3) is 1.00. The molecule has 18 heavy (non-hydrogen) atoms. The molecule has 3 aliphatic heterocycles. The van der Waals surface area contributed by atoms with Gasteiger partial charge in [-0.2, -0.15) is 0 Å². The molecular formula is C12H21NO5. The van der Waals surface area contributed by atoms with E-state index in [1.165, 1.54) is 0 Å². The van der Waals surface area contributed by atoms with Gasteiger partial charge >= 0.3 is 0 Å². The summed E-state index contributed by atoms with van der Waals surface area (Å²) in [5.74, 6) is -1.21. The largest absolute Gasteiger partial charge is 0.348 e. The van der Waals surface area contributed by atoms with Crippen LogP contribution in [0.1, 0.15) is 27.7 Å². The lowest BCUT2D eigenvalue weighted by Gasteiger charge is -2.26. The lowest BCUT2D eigenvalue weighted by Crippen LogP contribution is -2.47. The Labute approximate surface area is 107 Å². The van der Waals surface area contributed by atoms with Gasteiger partial charge in [-0.15, -0.1) is 0 Å². The van der Waals surface area contributed by atoms with E-state index in [0.29, 0.717) is 6.61 Å². The molecule has 0 radical (unpaired) electrons. The highest BCUT2D eigenvalue weighted by Gasteiger charge is 2.56. The molecule has 3 saturated heterocycles. The first-order chi connectivity index (χ1) is 8.27. The molecule has 6 heteroatoms. The van der Waals surface area contributed by atoms with E-state index in [9.17, 15) is 0 Å². The summed E-state index contributed by atoms with van der Waals surface area (Å²) < 4.78 is 28.6. The molecule has 0 aromatic rings. The van der Waals surface area contributed by atoms with Gasteiger partial charge in [0.05, 0.1) is 12.6 Å². The Morgan fingerprint density at radius 1 is 0.944 bits per heavy atom. The van der Waals surface area contributed by atoms with Crippen molar-refractivity contribution in [2.24, 2.45) is 5.73 Å². The molecule has 0 saturated carbocycles. The highest BCUT2D eigenvalue weighted by atomic mass is 16.8. The quantitative estimate of drug-likeness (QED) is 0.732. The highest BCUT2D eigenvalue weighted by Crippen LogP contribution is 2.39. The van der Waals surface area contributed by atoms with Crippen molar-refractivity contribution in [1.29, 1.82) is 0 Å². The van der Waals surface area contributed by atoms with Crippen LogP contribution in [0.15, 0.2) is 0 Å². The highest BCUT2D eigenvalue weighted by molar-refractivity contribution is 4.99. The maximum atomic E-state index is 6.19. The Bertz CT molecular complexity index is 345. The maximum absolute atomic E-state index is 6.19. The molecule has 6 nitrogen and oxygen atoms in total. The van der Waals surface area contributed by atoms with Crippen LogP contribution in [-0.2, 0) is 23.7 Å². The summed E-state index contributed by atoms with van der Waals surface area (Å²) in [5.41, 5.74) is 6.19. The van der Waals surface area contributed by atoms with E-state index in [1.54, 1.807) is 0 Å². The fourth-order valence-corrected chi connectivity index (χ4v) is 2.77. The number of rotatable bonds is 1. The van der Waals surface area contributed by atoms with Crippen LogP contribution in [0.4, 0.5) is 0 Å². The first kappa shape index (κ1) is 12.8. The van der Waals surface area contributed by atoms with Gasteiger partial charge in [0.25, 0.3) is 0 Å². The Hall–Kier alpha value is -0.240. The molecule has 5 atom stereocenters. The average Bonchev–Trinajstić information content (AvgIpc) is 2.81. The Kier molecular flexibility index (Phi) is 2.75. The zero-order valence-electron chi connectivity index (χ0n) is 11.2. The first-order valence-corrected chi connectivity index (χ1v) is 6.36. The zero-order valence-corrected chi connectivity index (χ0v) is 11.2. The molecule has 0 amide bonds. The van der Waals surface area contributed by atoms with E-state index < -0.39 is 17.9 Å². The van der Waals surface area contributed by atoms with Crippen molar-refractivity contribution in [2.45, 2.75) is 69.9 Å². The average molecular weight is 259 g/mol. The molecule has 0 spiro atoms. The van der Waals surface area contributed by atoms with E-state index in [2.05, 4.69) is 0 Å². The van der Waals surface area contributed by atoms with E-state index in [1.807, 2.05) is 27.7 Å². The lowest BCUT2D eigenvalue weighted by molar-refractivity contribution is -0.222. The number of ether oxygens (including phenoxy) is 5. The van der Waals surface area contributed by atoms with Crippen LogP contribution in [0.3, 0.4) is 0 Å². The number of hydrogen-bond acceptors (Lipinski definition) is 6. The summed E-state index contributed by atoms with van der Waals surface area (Å²) in [7, 11) is 0. The van der Waals surface area contributed by atoms with Gasteiger partial charge in [0, 0.05) is 0 Å². The van der Waals surface area contributed by atoms with Crippen molar-refractivity contribution in [3.63, 3.8) is 0 Å². The second kappa shape index (κ2) is 3.88. The minimum absolute atomic E-state index is 0.170. The van der Waals surface area contributed by atoms with Crippen molar-refractivity contribution in [3.05, 3.63) is 0 Å². The van der Waals surface area contributed by atoms with E-state index in [-0.39, 0.29) is 24.4 Å². The summed E-state index contributed by atoms with van der Waals surface area (Å²) in [6.45, 7) is 7.95. The fourth-order valence-electron chi connectivity index (χ4n) is 2.77. The molecule has 2 N–H and O–H groups in total. The summed E-state index contributed by atoms with van der Waals surface area (Å²) >= 11 is 0. The van der Waals surface area contributed by atoms with Crippen LogP contribution >= 0.6 is 0 Å². The maximum Gasteiger partial charge on any atom is 0.189 e. The molecule has 0 aliphatic carbocycles. The first-order valence-electron chi connectivity index (χ1n) is 6.36. The predicted molar refractivity (Wildman–Crippen MR) is 61.6 cm³/mol. The second-order valence-corrected chi connectivity index (χ2v) is 6.01. The van der Waals surface area contributed by atoms with Crippen LogP contribution in [0.5, 0.6) is 0 Å². The second-order valence-electron chi connectivity index (χ2n) is 6.01. The Morgan fingerprint density at radius 2 is 1.67 bits per heavy atom. The molecule has 0 unspecified atom stereocenters. The topological polar surface area (TPSA) is 72.2 Å². The van der Waals surface area contributed by atoms with Crippen molar-refractivity contribution in [3.8, 4) is 0 Å². The zero-order chi connectivity index (χ0) is 13.1. The molecule has 3 aliphatic rings. The molecule has 3 rings (SSSR count). The summed E-state index contributed by atoms with van der Waals surface area (Å²) in [6, 6.07) is -0.265. The molecule has 3 heterocycles.